The highest BCUT2D eigenvalue weighted by Gasteiger charge is 2.12. The number of anilines is 1. The summed E-state index contributed by atoms with van der Waals surface area (Å²) in [5.41, 5.74) is 2.07. The van der Waals surface area contributed by atoms with Gasteiger partial charge in [-0.3, -0.25) is 0 Å². The van der Waals surface area contributed by atoms with Crippen molar-refractivity contribution < 1.29 is 4.42 Å². The Balaban J connectivity index is 2.14. The van der Waals surface area contributed by atoms with Crippen molar-refractivity contribution in [2.24, 2.45) is 0 Å². The normalized spacial score (nSPS) is 12.5. The second-order valence-electron chi connectivity index (χ2n) is 4.29. The third kappa shape index (κ3) is 2.64. The van der Waals surface area contributed by atoms with Crippen molar-refractivity contribution in [2.45, 2.75) is 33.7 Å². The molecule has 0 aliphatic heterocycles. The van der Waals surface area contributed by atoms with Gasteiger partial charge >= 0.3 is 0 Å². The monoisotopic (exact) mass is 231 g/mol. The van der Waals surface area contributed by atoms with E-state index in [0.29, 0.717) is 0 Å². The molecule has 1 unspecified atom stereocenters. The molecule has 0 radical (unpaired) electrons. The van der Waals surface area contributed by atoms with Gasteiger partial charge < -0.3 is 9.73 Å². The highest BCUT2D eigenvalue weighted by atomic mass is 16.3. The largest absolute Gasteiger partial charge is 0.466 e. The van der Waals surface area contributed by atoms with E-state index in [1.54, 1.807) is 0 Å². The topological polar surface area (TPSA) is 51.0 Å². The molecule has 0 amide bonds. The fraction of sp³-hybridized carbons (Fsp3) is 0.385. The van der Waals surface area contributed by atoms with Gasteiger partial charge in [0.15, 0.2) is 0 Å². The van der Waals surface area contributed by atoms with Crippen LogP contribution in [0.1, 0.15) is 35.7 Å². The Morgan fingerprint density at radius 3 is 2.47 bits per heavy atom. The number of aromatic nitrogens is 2. The van der Waals surface area contributed by atoms with Crippen molar-refractivity contribution in [3.8, 4) is 0 Å². The molecule has 4 nitrogen and oxygen atoms in total. The third-order valence-corrected chi connectivity index (χ3v) is 2.71. The highest BCUT2D eigenvalue weighted by molar-refractivity contribution is 5.38. The molecule has 17 heavy (non-hydrogen) atoms. The summed E-state index contributed by atoms with van der Waals surface area (Å²) in [6.45, 7) is 7.93. The fourth-order valence-electron chi connectivity index (χ4n) is 1.86. The molecule has 0 spiro atoms. The fourth-order valence-corrected chi connectivity index (χ4v) is 1.86. The number of nitrogens with zero attached hydrogens (tertiary/aromatic N) is 2. The van der Waals surface area contributed by atoms with Gasteiger partial charge in [-0.25, -0.2) is 0 Å². The molecule has 2 aromatic rings. The Labute approximate surface area is 101 Å². The molecule has 0 bridgehead atoms. The molecule has 2 rings (SSSR count). The number of aryl methyl sites for hydroxylation is 3. The van der Waals surface area contributed by atoms with E-state index in [4.69, 9.17) is 4.42 Å². The van der Waals surface area contributed by atoms with E-state index in [-0.39, 0.29) is 6.04 Å². The summed E-state index contributed by atoms with van der Waals surface area (Å²) >= 11 is 0. The quantitative estimate of drug-likeness (QED) is 0.881. The molecule has 2 aromatic heterocycles. The van der Waals surface area contributed by atoms with Crippen LogP contribution in [0, 0.1) is 20.8 Å². The summed E-state index contributed by atoms with van der Waals surface area (Å²) in [4.78, 5) is 0. The maximum atomic E-state index is 5.52. The van der Waals surface area contributed by atoms with Crippen LogP contribution in [0.4, 0.5) is 5.82 Å². The van der Waals surface area contributed by atoms with Crippen LogP contribution < -0.4 is 5.32 Å². The van der Waals surface area contributed by atoms with Crippen LogP contribution in [-0.4, -0.2) is 10.2 Å². The van der Waals surface area contributed by atoms with E-state index >= 15 is 0 Å². The summed E-state index contributed by atoms with van der Waals surface area (Å²) in [6, 6.07) is 6.08. The number of hydrogen-bond acceptors (Lipinski definition) is 4. The van der Waals surface area contributed by atoms with Crippen LogP contribution in [0.2, 0.25) is 0 Å². The molecular formula is C13H17N3O. The van der Waals surface area contributed by atoms with Gasteiger partial charge in [0, 0.05) is 5.56 Å². The second kappa shape index (κ2) is 4.57. The van der Waals surface area contributed by atoms with Crippen molar-refractivity contribution in [2.75, 3.05) is 5.32 Å². The zero-order valence-corrected chi connectivity index (χ0v) is 10.6. The van der Waals surface area contributed by atoms with Crippen molar-refractivity contribution in [1.82, 2.24) is 10.2 Å². The molecule has 0 aromatic carbocycles. The smallest absolute Gasteiger partial charge is 0.149 e. The minimum Gasteiger partial charge on any atom is -0.466 e. The molecule has 90 valence electrons. The van der Waals surface area contributed by atoms with Crippen LogP contribution in [0.25, 0.3) is 0 Å². The summed E-state index contributed by atoms with van der Waals surface area (Å²) in [5.74, 6) is 2.66. The van der Waals surface area contributed by atoms with Crippen LogP contribution >= 0.6 is 0 Å². The summed E-state index contributed by atoms with van der Waals surface area (Å²) < 4.78 is 5.52. The van der Waals surface area contributed by atoms with Crippen LogP contribution in [-0.2, 0) is 0 Å². The SMILES string of the molecule is Cc1ccc(NC(C)c2cc(C)oc2C)nn1. The first-order valence-corrected chi connectivity index (χ1v) is 5.70. The number of nitrogens with one attached hydrogen (secondary N) is 1. The maximum Gasteiger partial charge on any atom is 0.149 e. The van der Waals surface area contributed by atoms with Crippen LogP contribution in [0.3, 0.4) is 0 Å². The number of hydrogen-bond donors (Lipinski definition) is 1. The van der Waals surface area contributed by atoms with E-state index in [1.165, 1.54) is 0 Å². The number of furan rings is 1. The molecule has 4 heteroatoms. The molecule has 0 saturated heterocycles. The summed E-state index contributed by atoms with van der Waals surface area (Å²) in [7, 11) is 0. The lowest BCUT2D eigenvalue weighted by atomic mass is 10.1. The van der Waals surface area contributed by atoms with E-state index in [0.717, 1.165) is 28.6 Å². The zero-order chi connectivity index (χ0) is 12.4. The van der Waals surface area contributed by atoms with E-state index in [2.05, 4.69) is 28.5 Å². The molecule has 0 aliphatic carbocycles. The van der Waals surface area contributed by atoms with E-state index in [1.807, 2.05) is 32.9 Å². The summed E-state index contributed by atoms with van der Waals surface area (Å²) in [6.07, 6.45) is 0. The highest BCUT2D eigenvalue weighted by Crippen LogP contribution is 2.23. The van der Waals surface area contributed by atoms with Gasteiger partial charge in [-0.2, -0.15) is 5.10 Å². The lowest BCUT2D eigenvalue weighted by Crippen LogP contribution is -2.08. The van der Waals surface area contributed by atoms with Gasteiger partial charge in [-0.05, 0) is 45.9 Å². The second-order valence-corrected chi connectivity index (χ2v) is 4.29. The van der Waals surface area contributed by atoms with Crippen molar-refractivity contribution >= 4 is 5.82 Å². The van der Waals surface area contributed by atoms with Gasteiger partial charge in [-0.1, -0.05) is 0 Å². The zero-order valence-electron chi connectivity index (χ0n) is 10.6. The van der Waals surface area contributed by atoms with Gasteiger partial charge in [0.25, 0.3) is 0 Å². The maximum absolute atomic E-state index is 5.52. The Bertz CT molecular complexity index is 502. The van der Waals surface area contributed by atoms with Gasteiger partial charge in [0.05, 0.1) is 11.7 Å². The minimum atomic E-state index is 0.157. The van der Waals surface area contributed by atoms with E-state index < -0.39 is 0 Å². The minimum absolute atomic E-state index is 0.157. The molecule has 1 atom stereocenters. The summed E-state index contributed by atoms with van der Waals surface area (Å²) in [5, 5.41) is 11.4. The lowest BCUT2D eigenvalue weighted by Gasteiger charge is -2.13. The van der Waals surface area contributed by atoms with Crippen molar-refractivity contribution in [3.63, 3.8) is 0 Å². The van der Waals surface area contributed by atoms with Crippen molar-refractivity contribution in [3.05, 3.63) is 41.0 Å². The Hall–Kier alpha value is -1.84. The molecular weight excluding hydrogens is 214 g/mol. The van der Waals surface area contributed by atoms with Gasteiger partial charge in [-0.15, -0.1) is 5.10 Å². The molecule has 2 heterocycles. The first kappa shape index (κ1) is 11.6. The average molecular weight is 231 g/mol. The molecule has 1 N–H and O–H groups in total. The Kier molecular flexibility index (Phi) is 3.13. The van der Waals surface area contributed by atoms with E-state index in [9.17, 15) is 0 Å². The molecule has 0 aliphatic rings. The van der Waals surface area contributed by atoms with Gasteiger partial charge in [0.1, 0.15) is 17.3 Å². The van der Waals surface area contributed by atoms with Crippen LogP contribution in [0.15, 0.2) is 22.6 Å². The molecule has 0 saturated carbocycles. The average Bonchev–Trinajstić information content (AvgIpc) is 2.61. The standard InChI is InChI=1S/C13H17N3O/c1-8-5-6-13(16-15-8)14-10(3)12-7-9(2)17-11(12)4/h5-7,10H,1-4H3,(H,14,16). The Morgan fingerprint density at radius 2 is 1.94 bits per heavy atom. The lowest BCUT2D eigenvalue weighted by molar-refractivity contribution is 0.499. The third-order valence-electron chi connectivity index (χ3n) is 2.71. The van der Waals surface area contributed by atoms with Gasteiger partial charge in [0.2, 0.25) is 0 Å². The first-order valence-electron chi connectivity index (χ1n) is 5.70. The molecule has 0 fully saturated rings. The Morgan fingerprint density at radius 1 is 1.18 bits per heavy atom. The predicted octanol–water partition coefficient (Wildman–Crippen LogP) is 3.17. The number of rotatable bonds is 3. The first-order chi connectivity index (χ1) is 8.06. The predicted molar refractivity (Wildman–Crippen MR) is 67.0 cm³/mol. The van der Waals surface area contributed by atoms with Crippen LogP contribution in [0.5, 0.6) is 0 Å². The van der Waals surface area contributed by atoms with Crippen molar-refractivity contribution in [1.29, 1.82) is 0 Å².